The van der Waals surface area contributed by atoms with Crippen molar-refractivity contribution in [2.24, 2.45) is 0 Å². The summed E-state index contributed by atoms with van der Waals surface area (Å²) in [7, 11) is -4.43. The third-order valence-corrected chi connectivity index (χ3v) is 5.84. The van der Waals surface area contributed by atoms with Gasteiger partial charge in [-0.15, -0.1) is 12.4 Å². The molecular formula is C16H15Cl2F3N2O2S. The lowest BCUT2D eigenvalue weighted by atomic mass is 10.1. The van der Waals surface area contributed by atoms with Crippen molar-refractivity contribution in [2.45, 2.75) is 30.7 Å². The van der Waals surface area contributed by atoms with E-state index in [9.17, 15) is 21.6 Å². The Balaban J connectivity index is 0.00000243. The third-order valence-electron chi connectivity index (χ3n) is 3.91. The first-order valence-corrected chi connectivity index (χ1v) is 9.21. The van der Waals surface area contributed by atoms with E-state index in [1.165, 1.54) is 0 Å². The summed E-state index contributed by atoms with van der Waals surface area (Å²) in [5, 5.41) is 2.69. The Morgan fingerprint density at radius 3 is 2.50 bits per heavy atom. The normalized spacial score (nSPS) is 14.0. The molecule has 2 aromatic carbocycles. The van der Waals surface area contributed by atoms with Crippen LogP contribution in [0.3, 0.4) is 0 Å². The summed E-state index contributed by atoms with van der Waals surface area (Å²) < 4.78 is 66.4. The summed E-state index contributed by atoms with van der Waals surface area (Å²) in [5.41, 5.74) is 1.54. The van der Waals surface area contributed by atoms with Gasteiger partial charge >= 0.3 is 6.18 Å². The Morgan fingerprint density at radius 1 is 1.12 bits per heavy atom. The fraction of sp³-hybridized carbons (Fsp3) is 0.250. The topological polar surface area (TPSA) is 58.2 Å². The van der Waals surface area contributed by atoms with Gasteiger partial charge in [0.15, 0.2) is 0 Å². The van der Waals surface area contributed by atoms with Crippen molar-refractivity contribution in [1.29, 1.82) is 0 Å². The van der Waals surface area contributed by atoms with E-state index in [1.54, 1.807) is 6.07 Å². The zero-order valence-corrected chi connectivity index (χ0v) is 15.6. The third kappa shape index (κ3) is 4.32. The Bertz CT molecular complexity index is 918. The standard InChI is InChI=1S/C16H14ClF3N2O2S.ClH/c17-14-3-1-2-13(16(18,19)20)15(14)25(23,24)22-7-10-4-5-11-8-21-9-12(11)6-10;/h1-6,21-22H,7-9H2;1H. The van der Waals surface area contributed by atoms with E-state index in [4.69, 9.17) is 11.6 Å². The number of alkyl halides is 3. The molecule has 4 nitrogen and oxygen atoms in total. The highest BCUT2D eigenvalue weighted by Crippen LogP contribution is 2.37. The number of hydrogen-bond donors (Lipinski definition) is 2. The Hall–Kier alpha value is -1.32. The van der Waals surface area contributed by atoms with Gasteiger partial charge in [-0.05, 0) is 28.8 Å². The predicted molar refractivity (Wildman–Crippen MR) is 94.7 cm³/mol. The number of rotatable bonds is 4. The van der Waals surface area contributed by atoms with Crippen molar-refractivity contribution in [2.75, 3.05) is 0 Å². The van der Waals surface area contributed by atoms with E-state index in [2.05, 4.69) is 10.0 Å². The van der Waals surface area contributed by atoms with Gasteiger partial charge in [-0.2, -0.15) is 13.2 Å². The minimum atomic E-state index is -4.83. The molecule has 0 aliphatic carbocycles. The number of sulfonamides is 1. The molecule has 0 saturated heterocycles. The molecule has 0 spiro atoms. The van der Waals surface area contributed by atoms with Gasteiger partial charge in [-0.3, -0.25) is 0 Å². The molecule has 0 amide bonds. The van der Waals surface area contributed by atoms with Crippen LogP contribution in [0.1, 0.15) is 22.3 Å². The maximum atomic E-state index is 13.1. The van der Waals surface area contributed by atoms with E-state index in [1.807, 2.05) is 12.1 Å². The molecule has 0 unspecified atom stereocenters. The van der Waals surface area contributed by atoms with Gasteiger partial charge < -0.3 is 5.32 Å². The van der Waals surface area contributed by atoms with E-state index < -0.39 is 31.7 Å². The summed E-state index contributed by atoms with van der Waals surface area (Å²) in [6.45, 7) is 1.30. The molecule has 0 saturated carbocycles. The fourth-order valence-corrected chi connectivity index (χ4v) is 4.49. The molecule has 1 heterocycles. The van der Waals surface area contributed by atoms with Crippen LogP contribution >= 0.6 is 24.0 Å². The number of nitrogens with one attached hydrogen (secondary N) is 2. The zero-order valence-electron chi connectivity index (χ0n) is 13.2. The first kappa shape index (κ1) is 21.0. The van der Waals surface area contributed by atoms with Crippen LogP contribution in [0.2, 0.25) is 5.02 Å². The monoisotopic (exact) mass is 426 g/mol. The average molecular weight is 427 g/mol. The van der Waals surface area contributed by atoms with Crippen LogP contribution in [-0.4, -0.2) is 8.42 Å². The molecule has 3 rings (SSSR count). The number of halogens is 5. The molecule has 0 atom stereocenters. The highest BCUT2D eigenvalue weighted by molar-refractivity contribution is 7.89. The fourth-order valence-electron chi connectivity index (χ4n) is 2.71. The molecule has 2 N–H and O–H groups in total. The van der Waals surface area contributed by atoms with E-state index in [-0.39, 0.29) is 19.0 Å². The van der Waals surface area contributed by atoms with Gasteiger partial charge in [0.25, 0.3) is 0 Å². The second kappa shape index (κ2) is 7.74. The van der Waals surface area contributed by atoms with Gasteiger partial charge in [-0.25, -0.2) is 13.1 Å². The number of fused-ring (bicyclic) bond motifs is 1. The lowest BCUT2D eigenvalue weighted by Crippen LogP contribution is -2.26. The summed E-state index contributed by atoms with van der Waals surface area (Å²) in [6.07, 6.45) is -4.83. The van der Waals surface area contributed by atoms with Crippen LogP contribution in [-0.2, 0) is 35.8 Å². The summed E-state index contributed by atoms with van der Waals surface area (Å²) in [5.74, 6) is 0. The minimum Gasteiger partial charge on any atom is -0.309 e. The Morgan fingerprint density at radius 2 is 1.81 bits per heavy atom. The van der Waals surface area contributed by atoms with Gasteiger partial charge in [0.05, 0.1) is 10.6 Å². The Labute approximate surface area is 160 Å². The lowest BCUT2D eigenvalue weighted by molar-refractivity contribution is -0.139. The van der Waals surface area contributed by atoms with Crippen molar-refractivity contribution >= 4 is 34.0 Å². The van der Waals surface area contributed by atoms with Crippen molar-refractivity contribution in [3.05, 3.63) is 63.7 Å². The van der Waals surface area contributed by atoms with Crippen LogP contribution in [0.15, 0.2) is 41.3 Å². The Kier molecular flexibility index (Phi) is 6.24. The second-order valence-electron chi connectivity index (χ2n) is 5.65. The maximum Gasteiger partial charge on any atom is 0.417 e. The van der Waals surface area contributed by atoms with Crippen molar-refractivity contribution < 1.29 is 21.6 Å². The molecular weight excluding hydrogens is 412 g/mol. The van der Waals surface area contributed by atoms with E-state index in [0.717, 1.165) is 29.8 Å². The molecule has 0 fully saturated rings. The largest absolute Gasteiger partial charge is 0.417 e. The SMILES string of the molecule is Cl.O=S(=O)(NCc1ccc2c(c1)CNC2)c1c(Cl)cccc1C(F)(F)F. The maximum absolute atomic E-state index is 13.1. The summed E-state index contributed by atoms with van der Waals surface area (Å²) in [6, 6.07) is 8.32. The summed E-state index contributed by atoms with van der Waals surface area (Å²) in [4.78, 5) is -0.952. The van der Waals surface area contributed by atoms with Gasteiger partial charge in [-0.1, -0.05) is 35.9 Å². The van der Waals surface area contributed by atoms with Gasteiger partial charge in [0.2, 0.25) is 10.0 Å². The lowest BCUT2D eigenvalue weighted by Gasteiger charge is -2.15. The van der Waals surface area contributed by atoms with Crippen LogP contribution in [0.5, 0.6) is 0 Å². The van der Waals surface area contributed by atoms with Crippen molar-refractivity contribution in [3.8, 4) is 0 Å². The van der Waals surface area contributed by atoms with Crippen LogP contribution < -0.4 is 10.0 Å². The zero-order chi connectivity index (χ0) is 18.2. The quantitative estimate of drug-likeness (QED) is 0.779. The molecule has 142 valence electrons. The molecule has 0 bridgehead atoms. The van der Waals surface area contributed by atoms with E-state index >= 15 is 0 Å². The smallest absolute Gasteiger partial charge is 0.309 e. The molecule has 1 aliphatic rings. The average Bonchev–Trinajstić information content (AvgIpc) is 2.99. The van der Waals surface area contributed by atoms with Crippen molar-refractivity contribution in [3.63, 3.8) is 0 Å². The first-order valence-electron chi connectivity index (χ1n) is 7.35. The van der Waals surface area contributed by atoms with E-state index in [0.29, 0.717) is 18.2 Å². The number of hydrogen-bond acceptors (Lipinski definition) is 3. The molecule has 26 heavy (non-hydrogen) atoms. The van der Waals surface area contributed by atoms with Crippen LogP contribution in [0.4, 0.5) is 13.2 Å². The molecule has 1 aliphatic heterocycles. The highest BCUT2D eigenvalue weighted by atomic mass is 35.5. The van der Waals surface area contributed by atoms with Gasteiger partial charge in [0.1, 0.15) is 4.90 Å². The predicted octanol–water partition coefficient (Wildman–Crippen LogP) is 3.86. The van der Waals surface area contributed by atoms with Crippen molar-refractivity contribution in [1.82, 2.24) is 10.0 Å². The number of benzene rings is 2. The highest BCUT2D eigenvalue weighted by Gasteiger charge is 2.38. The second-order valence-corrected chi connectivity index (χ2v) is 7.76. The molecule has 2 aromatic rings. The molecule has 10 heteroatoms. The van der Waals surface area contributed by atoms with Gasteiger partial charge in [0, 0.05) is 19.6 Å². The van der Waals surface area contributed by atoms with Crippen LogP contribution in [0, 0.1) is 0 Å². The van der Waals surface area contributed by atoms with Crippen LogP contribution in [0.25, 0.3) is 0 Å². The summed E-state index contributed by atoms with van der Waals surface area (Å²) >= 11 is 5.75. The molecule has 0 aromatic heterocycles. The first-order chi connectivity index (χ1) is 11.7. The molecule has 0 radical (unpaired) electrons. The minimum absolute atomic E-state index is 0.